The Hall–Kier alpha value is -0.0800. The maximum Gasteiger partial charge on any atom is 0.103 e. The van der Waals surface area contributed by atoms with Gasteiger partial charge in [0.1, 0.15) is 6.10 Å². The second kappa shape index (κ2) is 2.71. The van der Waals surface area contributed by atoms with Crippen LogP contribution in [0.4, 0.5) is 0 Å². The van der Waals surface area contributed by atoms with Gasteiger partial charge in [0, 0.05) is 0 Å². The van der Waals surface area contributed by atoms with Gasteiger partial charge in [-0.05, 0) is 23.7 Å². The van der Waals surface area contributed by atoms with Gasteiger partial charge in [-0.25, -0.2) is 5.11 Å². The minimum absolute atomic E-state index is 0.263. The van der Waals surface area contributed by atoms with E-state index in [0.717, 1.165) is 0 Å². The Balaban J connectivity index is 2.84. The molecule has 0 aliphatic heterocycles. The van der Waals surface area contributed by atoms with E-state index < -0.39 is 6.10 Å². The molecule has 12 heavy (non-hydrogen) atoms. The van der Waals surface area contributed by atoms with Crippen molar-refractivity contribution in [3.63, 3.8) is 0 Å². The van der Waals surface area contributed by atoms with Gasteiger partial charge in [-0.2, -0.15) is 0 Å². The molecule has 0 atom stereocenters. The maximum absolute atomic E-state index is 11.9. The van der Waals surface area contributed by atoms with Gasteiger partial charge in [-0.15, -0.1) is 0 Å². The molecule has 1 radical (unpaired) electrons. The summed E-state index contributed by atoms with van der Waals surface area (Å²) in [5.41, 5.74) is -0.525. The van der Waals surface area contributed by atoms with Gasteiger partial charge < -0.3 is 5.11 Å². The monoisotopic (exact) mass is 171 g/mol. The van der Waals surface area contributed by atoms with Crippen molar-refractivity contribution in [2.45, 2.75) is 52.7 Å². The standard InChI is InChI=1S/C10H19O2/c1-9(2)5-7(11)6-10(3,4)8(9)12/h7-8,11H,5-6H2,1-4H3. The Bertz CT molecular complexity index is 155. The number of hydrogen-bond acceptors (Lipinski definition) is 1. The molecule has 0 heterocycles. The predicted molar refractivity (Wildman–Crippen MR) is 47.3 cm³/mol. The van der Waals surface area contributed by atoms with Crippen LogP contribution < -0.4 is 0 Å². The Labute approximate surface area is 74.6 Å². The molecule has 2 heteroatoms. The van der Waals surface area contributed by atoms with Crippen molar-refractivity contribution >= 4 is 0 Å². The molecule has 0 aromatic heterocycles. The molecule has 1 saturated carbocycles. The van der Waals surface area contributed by atoms with Crippen LogP contribution in [0.3, 0.4) is 0 Å². The molecule has 1 aliphatic carbocycles. The average Bonchev–Trinajstić information content (AvgIpc) is 1.80. The molecule has 0 spiro atoms. The Morgan fingerprint density at radius 3 is 1.75 bits per heavy atom. The van der Waals surface area contributed by atoms with Crippen molar-refractivity contribution in [3.05, 3.63) is 0 Å². The van der Waals surface area contributed by atoms with E-state index in [9.17, 15) is 10.2 Å². The van der Waals surface area contributed by atoms with E-state index in [2.05, 4.69) is 0 Å². The number of rotatable bonds is 0. The molecule has 1 fully saturated rings. The lowest BCUT2D eigenvalue weighted by molar-refractivity contribution is -0.147. The van der Waals surface area contributed by atoms with Crippen LogP contribution in [0, 0.1) is 10.8 Å². The van der Waals surface area contributed by atoms with Crippen molar-refractivity contribution < 1.29 is 10.2 Å². The molecule has 0 amide bonds. The second-order valence-electron chi connectivity index (χ2n) is 5.42. The zero-order valence-corrected chi connectivity index (χ0v) is 8.42. The van der Waals surface area contributed by atoms with Crippen LogP contribution in [0.1, 0.15) is 40.5 Å². The summed E-state index contributed by atoms with van der Waals surface area (Å²) in [5, 5.41) is 21.4. The van der Waals surface area contributed by atoms with E-state index in [1.165, 1.54) is 0 Å². The Morgan fingerprint density at radius 1 is 1.08 bits per heavy atom. The van der Waals surface area contributed by atoms with E-state index in [1.807, 2.05) is 27.7 Å². The smallest absolute Gasteiger partial charge is 0.103 e. The summed E-state index contributed by atoms with van der Waals surface area (Å²) in [6.07, 6.45) is 0.434. The lowest BCUT2D eigenvalue weighted by Gasteiger charge is -2.46. The van der Waals surface area contributed by atoms with Crippen LogP contribution in [0.15, 0.2) is 0 Å². The number of aliphatic hydroxyl groups is 1. The van der Waals surface area contributed by atoms with Crippen LogP contribution in [-0.4, -0.2) is 17.3 Å². The van der Waals surface area contributed by atoms with Crippen LogP contribution in [-0.2, 0) is 5.11 Å². The summed E-state index contributed by atoms with van der Waals surface area (Å²) < 4.78 is 0. The molecule has 0 unspecified atom stereocenters. The first-order chi connectivity index (χ1) is 5.26. The molecule has 0 aromatic rings. The minimum Gasteiger partial charge on any atom is -0.393 e. The molecule has 1 N–H and O–H groups in total. The summed E-state index contributed by atoms with van der Waals surface area (Å²) >= 11 is 0. The van der Waals surface area contributed by atoms with E-state index in [1.54, 1.807) is 0 Å². The third-order valence-corrected chi connectivity index (χ3v) is 2.94. The normalized spacial score (nSPS) is 39.5. The highest BCUT2D eigenvalue weighted by Crippen LogP contribution is 2.46. The van der Waals surface area contributed by atoms with Gasteiger partial charge in [0.15, 0.2) is 0 Å². The quantitative estimate of drug-likeness (QED) is 0.595. The maximum atomic E-state index is 11.9. The Morgan fingerprint density at radius 2 is 1.42 bits per heavy atom. The van der Waals surface area contributed by atoms with Crippen molar-refractivity contribution in [3.8, 4) is 0 Å². The zero-order chi connectivity index (χ0) is 9.57. The SMILES string of the molecule is CC1(C)CC(O)CC(C)(C)C1[O]. The van der Waals surface area contributed by atoms with Crippen LogP contribution in [0.25, 0.3) is 0 Å². The fraction of sp³-hybridized carbons (Fsp3) is 1.00. The highest BCUT2D eigenvalue weighted by Gasteiger charge is 2.47. The van der Waals surface area contributed by atoms with Crippen molar-refractivity contribution in [1.82, 2.24) is 0 Å². The predicted octanol–water partition coefficient (Wildman–Crippen LogP) is 1.99. The van der Waals surface area contributed by atoms with Gasteiger partial charge in [-0.1, -0.05) is 27.7 Å². The first kappa shape index (κ1) is 10.0. The largest absolute Gasteiger partial charge is 0.393 e. The summed E-state index contributed by atoms with van der Waals surface area (Å²) in [7, 11) is 0. The summed E-state index contributed by atoms with van der Waals surface area (Å²) in [4.78, 5) is 0. The fourth-order valence-electron chi connectivity index (χ4n) is 2.56. The average molecular weight is 171 g/mol. The van der Waals surface area contributed by atoms with Gasteiger partial charge in [-0.3, -0.25) is 0 Å². The zero-order valence-electron chi connectivity index (χ0n) is 8.42. The van der Waals surface area contributed by atoms with E-state index in [-0.39, 0.29) is 16.9 Å². The number of hydrogen-bond donors (Lipinski definition) is 1. The van der Waals surface area contributed by atoms with Crippen LogP contribution in [0.5, 0.6) is 0 Å². The lowest BCUT2D eigenvalue weighted by Crippen LogP contribution is -2.49. The molecule has 1 aliphatic rings. The lowest BCUT2D eigenvalue weighted by atomic mass is 9.62. The van der Waals surface area contributed by atoms with Crippen molar-refractivity contribution in [2.24, 2.45) is 10.8 Å². The third kappa shape index (κ3) is 1.64. The van der Waals surface area contributed by atoms with Crippen LogP contribution in [0.2, 0.25) is 0 Å². The third-order valence-electron chi connectivity index (χ3n) is 2.94. The fourth-order valence-corrected chi connectivity index (χ4v) is 2.56. The van der Waals surface area contributed by atoms with E-state index >= 15 is 0 Å². The van der Waals surface area contributed by atoms with E-state index in [4.69, 9.17) is 0 Å². The first-order valence-corrected chi connectivity index (χ1v) is 4.59. The van der Waals surface area contributed by atoms with Gasteiger partial charge in [0.05, 0.1) is 6.10 Å². The van der Waals surface area contributed by atoms with Crippen LogP contribution >= 0.6 is 0 Å². The minimum atomic E-state index is -0.562. The highest BCUT2D eigenvalue weighted by atomic mass is 16.3. The Kier molecular flexibility index (Phi) is 2.26. The topological polar surface area (TPSA) is 40.1 Å². The molecule has 2 nitrogen and oxygen atoms in total. The van der Waals surface area contributed by atoms with Gasteiger partial charge in [0.25, 0.3) is 0 Å². The molecule has 0 aromatic carbocycles. The van der Waals surface area contributed by atoms with Gasteiger partial charge in [0.2, 0.25) is 0 Å². The highest BCUT2D eigenvalue weighted by molar-refractivity contribution is 4.96. The van der Waals surface area contributed by atoms with E-state index in [0.29, 0.717) is 12.8 Å². The first-order valence-electron chi connectivity index (χ1n) is 4.59. The number of aliphatic hydroxyl groups excluding tert-OH is 1. The molecule has 0 saturated heterocycles. The van der Waals surface area contributed by atoms with Crippen molar-refractivity contribution in [2.75, 3.05) is 0 Å². The summed E-state index contributed by atoms with van der Waals surface area (Å²) in [6, 6.07) is 0. The van der Waals surface area contributed by atoms with Gasteiger partial charge >= 0.3 is 0 Å². The molecule has 71 valence electrons. The van der Waals surface area contributed by atoms with Crippen molar-refractivity contribution in [1.29, 1.82) is 0 Å². The summed E-state index contributed by atoms with van der Waals surface area (Å²) in [6.45, 7) is 7.81. The summed E-state index contributed by atoms with van der Waals surface area (Å²) in [5.74, 6) is 0. The molecular formula is C10H19O2. The molecule has 1 rings (SSSR count). The molecule has 0 bridgehead atoms. The molecular weight excluding hydrogens is 152 g/mol. The second-order valence-corrected chi connectivity index (χ2v) is 5.42.